The Morgan fingerprint density at radius 1 is 1.22 bits per heavy atom. The van der Waals surface area contributed by atoms with E-state index in [2.05, 4.69) is 0 Å². The number of aliphatic hydroxyl groups excluding tert-OH is 1. The Labute approximate surface area is 114 Å². The van der Waals surface area contributed by atoms with Crippen LogP contribution in [0.3, 0.4) is 0 Å². The van der Waals surface area contributed by atoms with E-state index in [-0.39, 0.29) is 12.5 Å². The molecule has 4 heteroatoms. The second kappa shape index (κ2) is 9.34. The molecule has 3 nitrogen and oxygen atoms in total. The fraction of sp³-hybridized carbons (Fsp3) is 0.571. The van der Waals surface area contributed by atoms with Gasteiger partial charge in [-0.05, 0) is 24.5 Å². The van der Waals surface area contributed by atoms with Crippen molar-refractivity contribution in [3.8, 4) is 0 Å². The van der Waals surface area contributed by atoms with Gasteiger partial charge in [0.2, 0.25) is 0 Å². The predicted octanol–water partition coefficient (Wildman–Crippen LogP) is 2.86. The summed E-state index contributed by atoms with van der Waals surface area (Å²) in [6.07, 6.45) is 1.67. The van der Waals surface area contributed by atoms with Gasteiger partial charge in [0.05, 0.1) is 6.61 Å². The Bertz CT molecular complexity index is 331. The van der Waals surface area contributed by atoms with Crippen molar-refractivity contribution >= 4 is 11.6 Å². The first kappa shape index (κ1) is 15.4. The van der Waals surface area contributed by atoms with Crippen molar-refractivity contribution in [2.45, 2.75) is 18.8 Å². The minimum Gasteiger partial charge on any atom is -0.396 e. The number of hydrogen-bond donors (Lipinski definition) is 1. The van der Waals surface area contributed by atoms with Gasteiger partial charge in [-0.1, -0.05) is 29.8 Å². The third-order valence-electron chi connectivity index (χ3n) is 2.81. The molecule has 1 aromatic rings. The normalized spacial score (nSPS) is 12.6. The maximum Gasteiger partial charge on any atom is 0.0501 e. The van der Waals surface area contributed by atoms with E-state index in [1.165, 1.54) is 0 Å². The first-order chi connectivity index (χ1) is 8.79. The van der Waals surface area contributed by atoms with Crippen molar-refractivity contribution in [1.29, 1.82) is 0 Å². The Hall–Kier alpha value is -0.610. The van der Waals surface area contributed by atoms with Gasteiger partial charge >= 0.3 is 0 Å². The smallest absolute Gasteiger partial charge is 0.0501 e. The molecule has 0 aliphatic carbocycles. The maximum atomic E-state index is 9.41. The molecule has 0 amide bonds. The van der Waals surface area contributed by atoms with E-state index in [0.717, 1.165) is 18.4 Å². The molecule has 0 saturated carbocycles. The molecule has 1 rings (SSSR count). The Morgan fingerprint density at radius 2 is 2.00 bits per heavy atom. The van der Waals surface area contributed by atoms with E-state index in [1.807, 2.05) is 24.3 Å². The second-order valence-corrected chi connectivity index (χ2v) is 4.56. The summed E-state index contributed by atoms with van der Waals surface area (Å²) < 4.78 is 10.4. The van der Waals surface area contributed by atoms with Gasteiger partial charge in [-0.3, -0.25) is 0 Å². The molecule has 0 bridgehead atoms. The van der Waals surface area contributed by atoms with E-state index in [9.17, 15) is 5.11 Å². The Morgan fingerprint density at radius 3 is 2.67 bits per heavy atom. The van der Waals surface area contributed by atoms with E-state index in [1.54, 1.807) is 7.11 Å². The topological polar surface area (TPSA) is 38.7 Å². The molecule has 1 aromatic carbocycles. The minimum atomic E-state index is 0.0427. The van der Waals surface area contributed by atoms with Gasteiger partial charge in [0, 0.05) is 37.9 Å². The number of aliphatic hydroxyl groups is 1. The first-order valence-corrected chi connectivity index (χ1v) is 6.59. The summed E-state index contributed by atoms with van der Waals surface area (Å²) in [7, 11) is 1.68. The fourth-order valence-corrected chi connectivity index (χ4v) is 2.07. The van der Waals surface area contributed by atoms with Crippen LogP contribution in [-0.4, -0.2) is 38.6 Å². The van der Waals surface area contributed by atoms with Gasteiger partial charge in [0.25, 0.3) is 0 Å². The number of benzene rings is 1. The maximum absolute atomic E-state index is 9.41. The third-order valence-corrected chi connectivity index (χ3v) is 3.16. The van der Waals surface area contributed by atoms with Gasteiger partial charge < -0.3 is 14.6 Å². The average Bonchev–Trinajstić information content (AvgIpc) is 2.39. The van der Waals surface area contributed by atoms with Gasteiger partial charge in [-0.2, -0.15) is 0 Å². The highest BCUT2D eigenvalue weighted by Gasteiger charge is 2.13. The predicted molar refractivity (Wildman–Crippen MR) is 73.2 cm³/mol. The van der Waals surface area contributed by atoms with Crippen LogP contribution in [0, 0.1) is 0 Å². The highest BCUT2D eigenvalue weighted by molar-refractivity contribution is 6.31. The van der Waals surface area contributed by atoms with Crippen molar-refractivity contribution in [3.05, 3.63) is 34.9 Å². The zero-order chi connectivity index (χ0) is 13.2. The molecule has 18 heavy (non-hydrogen) atoms. The quantitative estimate of drug-likeness (QED) is 0.703. The van der Waals surface area contributed by atoms with Gasteiger partial charge in [0.1, 0.15) is 0 Å². The number of rotatable bonds is 9. The standard InChI is InChI=1S/C14H21ClO3/c1-17-8-4-9-18-10-7-12(11-16)13-5-2-3-6-14(13)15/h2-3,5-6,12,16H,4,7-11H2,1H3. The number of methoxy groups -OCH3 is 1. The van der Waals surface area contributed by atoms with Crippen LogP contribution in [0.2, 0.25) is 5.02 Å². The summed E-state index contributed by atoms with van der Waals surface area (Å²) in [6, 6.07) is 7.62. The van der Waals surface area contributed by atoms with Crippen LogP contribution < -0.4 is 0 Å². The SMILES string of the molecule is COCCCOCCC(CO)c1ccccc1Cl. The lowest BCUT2D eigenvalue weighted by Gasteiger charge is -2.16. The average molecular weight is 273 g/mol. The molecule has 1 N–H and O–H groups in total. The molecule has 0 aromatic heterocycles. The first-order valence-electron chi connectivity index (χ1n) is 6.21. The van der Waals surface area contributed by atoms with Crippen molar-refractivity contribution in [1.82, 2.24) is 0 Å². The van der Waals surface area contributed by atoms with Crippen LogP contribution >= 0.6 is 11.6 Å². The molecule has 0 heterocycles. The van der Waals surface area contributed by atoms with Crippen LogP contribution in [0.4, 0.5) is 0 Å². The van der Waals surface area contributed by atoms with E-state index in [4.69, 9.17) is 21.1 Å². The van der Waals surface area contributed by atoms with Crippen molar-refractivity contribution in [2.75, 3.05) is 33.5 Å². The highest BCUT2D eigenvalue weighted by Crippen LogP contribution is 2.26. The molecule has 0 aliphatic rings. The van der Waals surface area contributed by atoms with E-state index < -0.39 is 0 Å². The van der Waals surface area contributed by atoms with Gasteiger partial charge in [-0.15, -0.1) is 0 Å². The molecule has 0 spiro atoms. The van der Waals surface area contributed by atoms with Crippen LogP contribution in [0.1, 0.15) is 24.3 Å². The molecule has 1 unspecified atom stereocenters. The summed E-state index contributed by atoms with van der Waals surface area (Å²) in [6.45, 7) is 2.12. The van der Waals surface area contributed by atoms with Gasteiger partial charge in [-0.25, -0.2) is 0 Å². The lowest BCUT2D eigenvalue weighted by Crippen LogP contribution is -2.09. The summed E-state index contributed by atoms with van der Waals surface area (Å²) in [5.74, 6) is 0.0427. The van der Waals surface area contributed by atoms with Crippen molar-refractivity contribution < 1.29 is 14.6 Å². The molecule has 0 radical (unpaired) electrons. The Kier molecular flexibility index (Phi) is 8.01. The zero-order valence-electron chi connectivity index (χ0n) is 10.8. The number of hydrogen-bond acceptors (Lipinski definition) is 3. The molecular weight excluding hydrogens is 252 g/mol. The molecule has 102 valence electrons. The minimum absolute atomic E-state index is 0.0427. The van der Waals surface area contributed by atoms with E-state index in [0.29, 0.717) is 24.8 Å². The molecular formula is C14H21ClO3. The summed E-state index contributed by atoms with van der Waals surface area (Å²) in [5.41, 5.74) is 0.988. The monoisotopic (exact) mass is 272 g/mol. The summed E-state index contributed by atoms with van der Waals surface area (Å²) >= 11 is 6.11. The zero-order valence-corrected chi connectivity index (χ0v) is 11.5. The summed E-state index contributed by atoms with van der Waals surface area (Å²) in [4.78, 5) is 0. The van der Waals surface area contributed by atoms with Crippen molar-refractivity contribution in [2.24, 2.45) is 0 Å². The highest BCUT2D eigenvalue weighted by atomic mass is 35.5. The van der Waals surface area contributed by atoms with Crippen molar-refractivity contribution in [3.63, 3.8) is 0 Å². The molecule has 0 fully saturated rings. The van der Waals surface area contributed by atoms with Crippen LogP contribution in [-0.2, 0) is 9.47 Å². The lowest BCUT2D eigenvalue weighted by atomic mass is 9.97. The van der Waals surface area contributed by atoms with Crippen LogP contribution in [0.15, 0.2) is 24.3 Å². The van der Waals surface area contributed by atoms with Crippen LogP contribution in [0.5, 0.6) is 0 Å². The summed E-state index contributed by atoms with van der Waals surface area (Å²) in [5, 5.41) is 10.1. The third kappa shape index (κ3) is 5.36. The molecule has 1 atom stereocenters. The Balaban J connectivity index is 2.32. The van der Waals surface area contributed by atoms with Crippen LogP contribution in [0.25, 0.3) is 0 Å². The fourth-order valence-electron chi connectivity index (χ4n) is 1.78. The second-order valence-electron chi connectivity index (χ2n) is 4.15. The number of ether oxygens (including phenoxy) is 2. The molecule has 0 aliphatic heterocycles. The van der Waals surface area contributed by atoms with E-state index >= 15 is 0 Å². The molecule has 0 saturated heterocycles. The number of halogens is 1. The largest absolute Gasteiger partial charge is 0.396 e. The lowest BCUT2D eigenvalue weighted by molar-refractivity contribution is 0.0937. The van der Waals surface area contributed by atoms with Gasteiger partial charge in [0.15, 0.2) is 0 Å².